The maximum Gasteiger partial charge on any atom is 0.407 e. The monoisotopic (exact) mass is 412 g/mol. The van der Waals surface area contributed by atoms with E-state index in [9.17, 15) is 18.3 Å². The van der Waals surface area contributed by atoms with Gasteiger partial charge in [0.15, 0.2) is 0 Å². The van der Waals surface area contributed by atoms with E-state index in [1.165, 1.54) is 4.90 Å². The third-order valence-electron chi connectivity index (χ3n) is 4.69. The number of hydrogen-bond donors (Lipinski definition) is 2. The molecule has 28 heavy (non-hydrogen) atoms. The van der Waals surface area contributed by atoms with Crippen molar-refractivity contribution in [2.24, 2.45) is 0 Å². The Balaban J connectivity index is 2.81. The second kappa shape index (κ2) is 10.8. The summed E-state index contributed by atoms with van der Waals surface area (Å²) in [4.78, 5) is 13.1. The van der Waals surface area contributed by atoms with Crippen molar-refractivity contribution in [2.75, 3.05) is 6.54 Å². The van der Waals surface area contributed by atoms with Gasteiger partial charge in [0, 0.05) is 18.1 Å². The number of carboxylic acid groups (broad SMARTS) is 1. The molecule has 1 rings (SSSR count). The lowest BCUT2D eigenvalue weighted by atomic mass is 10.0. The predicted octanol–water partition coefficient (Wildman–Crippen LogP) is 4.64. The van der Waals surface area contributed by atoms with Crippen LogP contribution in [0.2, 0.25) is 0 Å². The Hall–Kier alpha value is -1.60. The smallest absolute Gasteiger partial charge is 0.407 e. The summed E-state index contributed by atoms with van der Waals surface area (Å²) in [5, 5.41) is 9.37. The van der Waals surface area contributed by atoms with E-state index in [-0.39, 0.29) is 10.9 Å². The lowest BCUT2D eigenvalue weighted by Crippen LogP contribution is -2.45. The second-order valence-electron chi connectivity index (χ2n) is 8.25. The van der Waals surface area contributed by atoms with Gasteiger partial charge in [-0.15, -0.1) is 0 Å². The minimum atomic E-state index is -3.56. The van der Waals surface area contributed by atoms with Gasteiger partial charge in [0.05, 0.1) is 4.90 Å². The molecular formula is C21H36N2O4S. The summed E-state index contributed by atoms with van der Waals surface area (Å²) in [5.41, 5.74) is 0.429. The molecule has 1 aromatic rings. The fourth-order valence-corrected chi connectivity index (χ4v) is 4.65. The van der Waals surface area contributed by atoms with Crippen LogP contribution in [0.15, 0.2) is 29.2 Å². The molecule has 0 saturated carbocycles. The lowest BCUT2D eigenvalue weighted by Gasteiger charge is -2.33. The van der Waals surface area contributed by atoms with Crippen molar-refractivity contribution in [1.29, 1.82) is 0 Å². The zero-order valence-electron chi connectivity index (χ0n) is 17.9. The topological polar surface area (TPSA) is 86.7 Å². The molecule has 2 N–H and O–H groups in total. The van der Waals surface area contributed by atoms with Crippen molar-refractivity contribution in [3.63, 3.8) is 0 Å². The number of carbonyl (C=O) groups is 1. The Kier molecular flexibility index (Phi) is 9.44. The highest BCUT2D eigenvalue weighted by atomic mass is 32.2. The zero-order chi connectivity index (χ0) is 21.4. The highest BCUT2D eigenvalue weighted by Gasteiger charge is 2.25. The van der Waals surface area contributed by atoms with Gasteiger partial charge in [-0.25, -0.2) is 17.9 Å². The van der Waals surface area contributed by atoms with Crippen LogP contribution in [0.4, 0.5) is 4.79 Å². The highest BCUT2D eigenvalue weighted by Crippen LogP contribution is 2.18. The third-order valence-corrected chi connectivity index (χ3v) is 6.21. The normalized spacial score (nSPS) is 12.4. The first-order valence-electron chi connectivity index (χ1n) is 10.1. The van der Waals surface area contributed by atoms with E-state index < -0.39 is 21.7 Å². The number of nitrogens with one attached hydrogen (secondary N) is 1. The van der Waals surface area contributed by atoms with Gasteiger partial charge in [0.1, 0.15) is 0 Å². The maximum atomic E-state index is 12.8. The summed E-state index contributed by atoms with van der Waals surface area (Å²) in [7, 11) is -3.56. The van der Waals surface area contributed by atoms with Crippen LogP contribution in [0, 0.1) is 0 Å². The van der Waals surface area contributed by atoms with E-state index in [0.717, 1.165) is 31.2 Å². The molecule has 0 aliphatic rings. The minimum Gasteiger partial charge on any atom is -0.465 e. The standard InChI is InChI=1S/C21H36N2O4S/c1-6-10-18(11-7-2)22-28(26,27)19-14-8-12-17(16-19)13-9-15-23(20(24)25)21(3,4)5/h8,12,14,16,18,22H,6-7,9-11,13,15H2,1-5H3,(H,24,25). The van der Waals surface area contributed by atoms with E-state index in [4.69, 9.17) is 0 Å². The van der Waals surface area contributed by atoms with Crippen molar-refractivity contribution in [2.45, 2.75) is 89.6 Å². The van der Waals surface area contributed by atoms with Crippen LogP contribution in [-0.2, 0) is 16.4 Å². The summed E-state index contributed by atoms with van der Waals surface area (Å²) in [6.07, 6.45) is 3.83. The Labute approximate surface area is 170 Å². The summed E-state index contributed by atoms with van der Waals surface area (Å²) in [6.45, 7) is 10.1. The van der Waals surface area contributed by atoms with Crippen LogP contribution >= 0.6 is 0 Å². The van der Waals surface area contributed by atoms with Crippen molar-refractivity contribution in [3.8, 4) is 0 Å². The number of amides is 1. The number of sulfonamides is 1. The second-order valence-corrected chi connectivity index (χ2v) is 9.97. The quantitative estimate of drug-likeness (QED) is 0.554. The summed E-state index contributed by atoms with van der Waals surface area (Å²) in [6, 6.07) is 6.90. The number of hydrogen-bond acceptors (Lipinski definition) is 3. The Morgan fingerprint density at radius 2 is 1.79 bits per heavy atom. The first-order chi connectivity index (χ1) is 13.0. The van der Waals surface area contributed by atoms with Crippen LogP contribution in [0.5, 0.6) is 0 Å². The average molecular weight is 413 g/mol. The summed E-state index contributed by atoms with van der Waals surface area (Å²) in [5.74, 6) is 0. The van der Waals surface area contributed by atoms with Crippen LogP contribution < -0.4 is 4.72 Å². The first kappa shape index (κ1) is 24.4. The molecule has 0 atom stereocenters. The van der Waals surface area contributed by atoms with E-state index >= 15 is 0 Å². The van der Waals surface area contributed by atoms with Crippen LogP contribution in [0.25, 0.3) is 0 Å². The van der Waals surface area contributed by atoms with Gasteiger partial charge in [0.2, 0.25) is 10.0 Å². The van der Waals surface area contributed by atoms with Gasteiger partial charge in [-0.2, -0.15) is 0 Å². The zero-order valence-corrected chi connectivity index (χ0v) is 18.7. The molecule has 7 heteroatoms. The minimum absolute atomic E-state index is 0.0421. The maximum absolute atomic E-state index is 12.8. The van der Waals surface area contributed by atoms with Gasteiger partial charge < -0.3 is 10.0 Å². The van der Waals surface area contributed by atoms with E-state index in [0.29, 0.717) is 19.4 Å². The van der Waals surface area contributed by atoms with Gasteiger partial charge >= 0.3 is 6.09 Å². The van der Waals surface area contributed by atoms with Crippen LogP contribution in [0.1, 0.15) is 72.3 Å². The Bertz CT molecular complexity index is 720. The van der Waals surface area contributed by atoms with E-state index in [1.54, 1.807) is 18.2 Å². The SMILES string of the molecule is CCCC(CCC)NS(=O)(=O)c1cccc(CCCN(C(=O)O)C(C)(C)C)c1. The Morgan fingerprint density at radius 3 is 2.29 bits per heavy atom. The van der Waals surface area contributed by atoms with E-state index in [2.05, 4.69) is 18.6 Å². The molecule has 0 bridgehead atoms. The number of nitrogens with zero attached hydrogens (tertiary/aromatic N) is 1. The molecular weight excluding hydrogens is 376 g/mol. The molecule has 0 unspecified atom stereocenters. The van der Waals surface area contributed by atoms with E-state index in [1.807, 2.05) is 26.8 Å². The lowest BCUT2D eigenvalue weighted by molar-refractivity contribution is 0.0996. The molecule has 0 aliphatic carbocycles. The van der Waals surface area contributed by atoms with Gasteiger partial charge in [-0.1, -0.05) is 38.8 Å². The summed E-state index contributed by atoms with van der Waals surface area (Å²) >= 11 is 0. The van der Waals surface area contributed by atoms with Crippen LogP contribution in [0.3, 0.4) is 0 Å². The fraction of sp³-hybridized carbons (Fsp3) is 0.667. The van der Waals surface area contributed by atoms with Gasteiger partial charge in [-0.3, -0.25) is 0 Å². The molecule has 160 valence electrons. The molecule has 0 aliphatic heterocycles. The number of rotatable bonds is 11. The number of benzene rings is 1. The van der Waals surface area contributed by atoms with Crippen molar-refractivity contribution in [3.05, 3.63) is 29.8 Å². The molecule has 1 aromatic carbocycles. The first-order valence-corrected chi connectivity index (χ1v) is 11.6. The molecule has 0 saturated heterocycles. The van der Waals surface area contributed by atoms with Gasteiger partial charge in [0.25, 0.3) is 0 Å². The molecule has 0 spiro atoms. The van der Waals surface area contributed by atoms with Crippen molar-refractivity contribution < 1.29 is 18.3 Å². The van der Waals surface area contributed by atoms with Crippen molar-refractivity contribution in [1.82, 2.24) is 9.62 Å². The summed E-state index contributed by atoms with van der Waals surface area (Å²) < 4.78 is 28.3. The third kappa shape index (κ3) is 7.80. The Morgan fingerprint density at radius 1 is 1.18 bits per heavy atom. The molecule has 0 aromatic heterocycles. The fourth-order valence-electron chi connectivity index (χ4n) is 3.27. The highest BCUT2D eigenvalue weighted by molar-refractivity contribution is 7.89. The van der Waals surface area contributed by atoms with Crippen molar-refractivity contribution >= 4 is 16.1 Å². The van der Waals surface area contributed by atoms with Crippen LogP contribution in [-0.4, -0.2) is 42.6 Å². The van der Waals surface area contributed by atoms with Gasteiger partial charge in [-0.05, 0) is 64.2 Å². The number of aryl methyl sites for hydroxylation is 1. The molecule has 6 nitrogen and oxygen atoms in total. The largest absolute Gasteiger partial charge is 0.465 e. The molecule has 1 amide bonds. The molecule has 0 radical (unpaired) electrons. The molecule has 0 fully saturated rings. The average Bonchev–Trinajstić information content (AvgIpc) is 2.57. The predicted molar refractivity (Wildman–Crippen MR) is 113 cm³/mol. The molecule has 0 heterocycles.